The average molecular weight is 244 g/mol. The zero-order valence-corrected chi connectivity index (χ0v) is 7.17. The Balaban J connectivity index is 2.83. The van der Waals surface area contributed by atoms with Crippen LogP contribution in [-0.2, 0) is 0 Å². The van der Waals surface area contributed by atoms with E-state index in [1.165, 1.54) is 15.2 Å². The van der Waals surface area contributed by atoms with Gasteiger partial charge < -0.3 is 0 Å². The van der Waals surface area contributed by atoms with Crippen LogP contribution in [0.15, 0.2) is 0 Å². The Morgan fingerprint density at radius 3 is 2.29 bits per heavy atom. The van der Waals surface area contributed by atoms with E-state index in [2.05, 4.69) is 50.5 Å². The summed E-state index contributed by atoms with van der Waals surface area (Å²) in [5.41, 5.74) is 0. The first-order valence-electron chi connectivity index (χ1n) is 2.84. The average Bonchev–Trinajstić information content (AvgIpc) is 1.68. The van der Waals surface area contributed by atoms with Crippen LogP contribution < -0.4 is 0 Å². The SMILES string of the molecule is CCC(C)C[CH2][Tb]. The summed E-state index contributed by atoms with van der Waals surface area (Å²) >= 11 is 2.24. The summed E-state index contributed by atoms with van der Waals surface area (Å²) in [6.07, 6.45) is 2.74. The third-order valence-corrected chi connectivity index (χ3v) is 1.90. The monoisotopic (exact) mass is 244 g/mol. The van der Waals surface area contributed by atoms with Crippen molar-refractivity contribution >= 4 is 0 Å². The van der Waals surface area contributed by atoms with Crippen LogP contribution in [0.2, 0.25) is 2.39 Å². The summed E-state index contributed by atoms with van der Waals surface area (Å²) < 4.78 is 1.34. The zero-order chi connectivity index (χ0) is 5.70. The van der Waals surface area contributed by atoms with E-state index in [0.29, 0.717) is 0 Å². The van der Waals surface area contributed by atoms with E-state index in [1.54, 1.807) is 0 Å². The van der Waals surface area contributed by atoms with E-state index >= 15 is 0 Å². The molecule has 0 N–H and O–H groups in total. The van der Waals surface area contributed by atoms with Gasteiger partial charge >= 0.3 is 71.6 Å². The Morgan fingerprint density at radius 1 is 1.57 bits per heavy atom. The molecule has 0 aromatic rings. The van der Waals surface area contributed by atoms with Crippen molar-refractivity contribution in [2.24, 2.45) is 5.92 Å². The summed E-state index contributed by atoms with van der Waals surface area (Å²) in [5, 5.41) is 0. The Morgan fingerprint density at radius 2 is 2.14 bits per heavy atom. The second-order valence-electron chi connectivity index (χ2n) is 1.97. The number of hydrogen-bond donors (Lipinski definition) is 0. The molecule has 0 bridgehead atoms. The molecule has 0 aromatic heterocycles. The molecule has 0 aliphatic heterocycles. The Labute approximate surface area is 71.0 Å². The van der Waals surface area contributed by atoms with Gasteiger partial charge in [-0.1, -0.05) is 0 Å². The van der Waals surface area contributed by atoms with E-state index < -0.39 is 0 Å². The fourth-order valence-electron chi connectivity index (χ4n) is 0.368. The molecular formula is C6H13Tb. The minimum atomic E-state index is 0.949. The predicted octanol–water partition coefficient (Wildman–Crippen LogP) is 2.39. The molecule has 0 amide bonds. The van der Waals surface area contributed by atoms with Crippen LogP contribution in [0.4, 0.5) is 0 Å². The molecule has 1 atom stereocenters. The molecule has 0 aliphatic carbocycles. The first-order chi connectivity index (χ1) is 3.31. The first kappa shape index (κ1) is 8.29. The van der Waals surface area contributed by atoms with Crippen molar-refractivity contribution in [2.45, 2.75) is 29.1 Å². The summed E-state index contributed by atoms with van der Waals surface area (Å²) in [6, 6.07) is 0. The summed E-state index contributed by atoms with van der Waals surface area (Å²) in [5.74, 6) is 0.949. The van der Waals surface area contributed by atoms with Gasteiger partial charge in [0.05, 0.1) is 0 Å². The molecule has 1 unspecified atom stereocenters. The van der Waals surface area contributed by atoms with Crippen molar-refractivity contribution in [3.05, 3.63) is 0 Å². The van der Waals surface area contributed by atoms with Crippen LogP contribution in [0.5, 0.6) is 0 Å². The number of hydrogen-bond acceptors (Lipinski definition) is 0. The molecule has 1 heteroatoms. The van der Waals surface area contributed by atoms with Crippen molar-refractivity contribution in [1.29, 1.82) is 0 Å². The minimum absolute atomic E-state index is 0.949. The van der Waals surface area contributed by atoms with Crippen LogP contribution in [0.25, 0.3) is 0 Å². The summed E-state index contributed by atoms with van der Waals surface area (Å²) in [4.78, 5) is 0. The fraction of sp³-hybridized carbons (Fsp3) is 1.00. The molecule has 0 aromatic carbocycles. The molecule has 0 rings (SSSR count). The summed E-state index contributed by atoms with van der Waals surface area (Å²) in [7, 11) is 0. The van der Waals surface area contributed by atoms with Crippen LogP contribution in [0.3, 0.4) is 0 Å². The molecule has 0 aliphatic rings. The first-order valence-corrected chi connectivity index (χ1v) is 4.35. The van der Waals surface area contributed by atoms with Gasteiger partial charge in [-0.05, 0) is 0 Å². The standard InChI is InChI=1S/C6H13.Tb/c1-4-6(3)5-2;/h6H,1,4-5H2,2-3H3;. The van der Waals surface area contributed by atoms with Crippen molar-refractivity contribution in [3.8, 4) is 0 Å². The summed E-state index contributed by atoms with van der Waals surface area (Å²) in [6.45, 7) is 4.56. The van der Waals surface area contributed by atoms with Gasteiger partial charge in [0.1, 0.15) is 0 Å². The van der Waals surface area contributed by atoms with Crippen molar-refractivity contribution < 1.29 is 36.6 Å². The van der Waals surface area contributed by atoms with Crippen LogP contribution in [-0.4, -0.2) is 0 Å². The maximum absolute atomic E-state index is 2.31. The van der Waals surface area contributed by atoms with E-state index in [1.807, 2.05) is 0 Å². The normalized spacial score (nSPS) is 14.3. The number of rotatable bonds is 3. The van der Waals surface area contributed by atoms with Crippen molar-refractivity contribution in [2.75, 3.05) is 0 Å². The van der Waals surface area contributed by atoms with E-state index in [0.717, 1.165) is 5.92 Å². The van der Waals surface area contributed by atoms with Gasteiger partial charge in [0.25, 0.3) is 0 Å². The molecule has 46 valence electrons. The van der Waals surface area contributed by atoms with Crippen molar-refractivity contribution in [3.63, 3.8) is 0 Å². The van der Waals surface area contributed by atoms with Gasteiger partial charge in [0, 0.05) is 0 Å². The fourth-order valence-corrected chi connectivity index (χ4v) is 1.42. The zero-order valence-electron chi connectivity index (χ0n) is 5.03. The van der Waals surface area contributed by atoms with Crippen molar-refractivity contribution in [1.82, 2.24) is 0 Å². The van der Waals surface area contributed by atoms with Crippen LogP contribution in [0.1, 0.15) is 26.7 Å². The Bertz CT molecular complexity index is 35.2. The molecule has 0 saturated heterocycles. The van der Waals surface area contributed by atoms with Gasteiger partial charge in [-0.3, -0.25) is 0 Å². The molecule has 0 nitrogen and oxygen atoms in total. The molecule has 0 radical (unpaired) electrons. The van der Waals surface area contributed by atoms with E-state index in [4.69, 9.17) is 0 Å². The molecule has 7 heavy (non-hydrogen) atoms. The molecular weight excluding hydrogens is 231 g/mol. The molecule has 0 spiro atoms. The Kier molecular flexibility index (Phi) is 6.42. The predicted molar refractivity (Wildman–Crippen MR) is 28.9 cm³/mol. The van der Waals surface area contributed by atoms with Gasteiger partial charge in [0.15, 0.2) is 0 Å². The van der Waals surface area contributed by atoms with Gasteiger partial charge in [-0.15, -0.1) is 0 Å². The van der Waals surface area contributed by atoms with Crippen LogP contribution in [0, 0.1) is 42.5 Å². The van der Waals surface area contributed by atoms with Gasteiger partial charge in [-0.25, -0.2) is 0 Å². The maximum atomic E-state index is 2.31. The molecule has 0 heterocycles. The Hall–Kier alpha value is 1.29. The molecule has 0 saturated carbocycles. The van der Waals surface area contributed by atoms with E-state index in [-0.39, 0.29) is 0 Å². The van der Waals surface area contributed by atoms with Gasteiger partial charge in [-0.2, -0.15) is 0 Å². The van der Waals surface area contributed by atoms with Crippen LogP contribution >= 0.6 is 0 Å². The molecule has 0 fully saturated rings. The van der Waals surface area contributed by atoms with Gasteiger partial charge in [0.2, 0.25) is 0 Å². The third kappa shape index (κ3) is 5.15. The quantitative estimate of drug-likeness (QED) is 0.715. The topological polar surface area (TPSA) is 0 Å². The second-order valence-corrected chi connectivity index (χ2v) is 3.04. The third-order valence-electron chi connectivity index (χ3n) is 1.29. The van der Waals surface area contributed by atoms with E-state index in [9.17, 15) is 0 Å². The second kappa shape index (κ2) is 5.42.